The predicted molar refractivity (Wildman–Crippen MR) is 89.2 cm³/mol. The van der Waals surface area contributed by atoms with Crippen molar-refractivity contribution in [2.45, 2.75) is 6.54 Å². The van der Waals surface area contributed by atoms with Crippen LogP contribution in [-0.2, 0) is 11.3 Å². The van der Waals surface area contributed by atoms with Crippen molar-refractivity contribution in [3.8, 4) is 0 Å². The highest BCUT2D eigenvalue weighted by molar-refractivity contribution is 8.14. The van der Waals surface area contributed by atoms with Crippen molar-refractivity contribution in [3.63, 3.8) is 0 Å². The minimum Gasteiger partial charge on any atom is -0.322 e. The van der Waals surface area contributed by atoms with Crippen LogP contribution in [0.5, 0.6) is 0 Å². The van der Waals surface area contributed by atoms with Gasteiger partial charge in [-0.05, 0) is 42.0 Å². The number of hydrogen-bond donors (Lipinski definition) is 1. The molecule has 0 atom stereocenters. The Bertz CT molecular complexity index is 792. The number of imide groups is 1. The van der Waals surface area contributed by atoms with Gasteiger partial charge >= 0.3 is 0 Å². The number of benzene rings is 2. The van der Waals surface area contributed by atoms with Gasteiger partial charge in [0, 0.05) is 11.3 Å². The van der Waals surface area contributed by atoms with Gasteiger partial charge in [0.2, 0.25) is 5.91 Å². The molecule has 3 rings (SSSR count). The molecule has 1 saturated heterocycles. The van der Waals surface area contributed by atoms with Gasteiger partial charge in [0.15, 0.2) is 0 Å². The molecule has 7 heteroatoms. The van der Waals surface area contributed by atoms with Gasteiger partial charge in [-0.1, -0.05) is 23.9 Å². The number of nitrogens with zero attached hydrogens (tertiary/aromatic N) is 1. The van der Waals surface area contributed by atoms with Crippen LogP contribution in [0.25, 0.3) is 0 Å². The smallest absolute Gasteiger partial charge is 0.289 e. The van der Waals surface area contributed by atoms with E-state index in [9.17, 15) is 18.8 Å². The molecule has 0 saturated carbocycles. The molecule has 0 bridgehead atoms. The van der Waals surface area contributed by atoms with Crippen molar-refractivity contribution < 1.29 is 18.8 Å². The predicted octanol–water partition coefficient (Wildman–Crippen LogP) is 3.27. The van der Waals surface area contributed by atoms with E-state index in [0.717, 1.165) is 11.8 Å². The minimum atomic E-state index is -0.382. The summed E-state index contributed by atoms with van der Waals surface area (Å²) in [6.45, 7) is 0.141. The summed E-state index contributed by atoms with van der Waals surface area (Å²) in [6.07, 6.45) is 0. The zero-order chi connectivity index (χ0) is 17.1. The molecule has 1 fully saturated rings. The molecular weight excluding hydrogens is 331 g/mol. The van der Waals surface area contributed by atoms with Crippen LogP contribution in [0.3, 0.4) is 0 Å². The summed E-state index contributed by atoms with van der Waals surface area (Å²) in [5, 5.41) is 2.39. The maximum Gasteiger partial charge on any atom is 0.289 e. The van der Waals surface area contributed by atoms with Crippen LogP contribution in [0.15, 0.2) is 48.5 Å². The molecular formula is C17H13FN2O3S. The Morgan fingerprint density at radius 2 is 1.92 bits per heavy atom. The van der Waals surface area contributed by atoms with Gasteiger partial charge in [-0.15, -0.1) is 0 Å². The number of halogens is 1. The van der Waals surface area contributed by atoms with Gasteiger partial charge in [-0.3, -0.25) is 19.3 Å². The maximum atomic E-state index is 12.9. The fraction of sp³-hybridized carbons (Fsp3) is 0.118. The van der Waals surface area contributed by atoms with Crippen molar-refractivity contribution in [2.24, 2.45) is 0 Å². The van der Waals surface area contributed by atoms with E-state index in [0.29, 0.717) is 16.8 Å². The van der Waals surface area contributed by atoms with Crippen molar-refractivity contribution in [1.29, 1.82) is 0 Å². The summed E-state index contributed by atoms with van der Waals surface area (Å²) in [7, 11) is 0. The lowest BCUT2D eigenvalue weighted by Crippen LogP contribution is -2.28. The second-order valence-electron chi connectivity index (χ2n) is 5.20. The standard InChI is InChI=1S/C17H13FN2O3S/c18-13-4-6-14(7-5-13)19-16(22)12-3-1-2-11(8-12)9-20-15(21)10-24-17(20)23/h1-8H,9-10H2,(H,19,22). The van der Waals surface area contributed by atoms with Crippen molar-refractivity contribution in [2.75, 3.05) is 11.1 Å². The highest BCUT2D eigenvalue weighted by Crippen LogP contribution is 2.21. The summed E-state index contributed by atoms with van der Waals surface area (Å²) in [5.41, 5.74) is 1.56. The number of rotatable bonds is 4. The van der Waals surface area contributed by atoms with E-state index in [4.69, 9.17) is 0 Å². The lowest BCUT2D eigenvalue weighted by Gasteiger charge is -2.13. The van der Waals surface area contributed by atoms with E-state index in [2.05, 4.69) is 5.32 Å². The van der Waals surface area contributed by atoms with Gasteiger partial charge < -0.3 is 5.32 Å². The molecule has 1 aliphatic heterocycles. The molecule has 5 nitrogen and oxygen atoms in total. The second-order valence-corrected chi connectivity index (χ2v) is 6.12. The molecule has 0 unspecified atom stereocenters. The summed E-state index contributed by atoms with van der Waals surface area (Å²) in [5.74, 6) is -0.806. The molecule has 0 spiro atoms. The number of hydrogen-bond acceptors (Lipinski definition) is 4. The molecule has 0 aliphatic carbocycles. The van der Waals surface area contributed by atoms with Crippen LogP contribution in [0.4, 0.5) is 14.9 Å². The lowest BCUT2D eigenvalue weighted by atomic mass is 10.1. The van der Waals surface area contributed by atoms with E-state index in [1.54, 1.807) is 24.3 Å². The van der Waals surface area contributed by atoms with Crippen LogP contribution in [0, 0.1) is 5.82 Å². The zero-order valence-corrected chi connectivity index (χ0v) is 13.3. The van der Waals surface area contributed by atoms with Crippen LogP contribution in [-0.4, -0.2) is 27.7 Å². The summed E-state index contributed by atoms with van der Waals surface area (Å²) < 4.78 is 12.9. The van der Waals surface area contributed by atoms with Crippen molar-refractivity contribution in [1.82, 2.24) is 4.90 Å². The molecule has 0 radical (unpaired) electrons. The molecule has 122 valence electrons. The molecule has 2 aromatic rings. The normalized spacial score (nSPS) is 14.1. The third kappa shape index (κ3) is 3.62. The van der Waals surface area contributed by atoms with Crippen LogP contribution in [0.2, 0.25) is 0 Å². The topological polar surface area (TPSA) is 66.5 Å². The molecule has 24 heavy (non-hydrogen) atoms. The summed E-state index contributed by atoms with van der Waals surface area (Å²) in [6, 6.07) is 12.1. The van der Waals surface area contributed by atoms with Crippen LogP contribution < -0.4 is 5.32 Å². The van der Waals surface area contributed by atoms with E-state index >= 15 is 0 Å². The van der Waals surface area contributed by atoms with E-state index < -0.39 is 0 Å². The number of anilines is 1. The van der Waals surface area contributed by atoms with Gasteiger partial charge in [0.1, 0.15) is 5.82 Å². The van der Waals surface area contributed by atoms with Gasteiger partial charge in [0.05, 0.1) is 12.3 Å². The Kier molecular flexibility index (Phi) is 4.61. The minimum absolute atomic E-state index is 0.141. The first-order valence-corrected chi connectivity index (χ1v) is 8.14. The Morgan fingerprint density at radius 1 is 1.17 bits per heavy atom. The van der Waals surface area contributed by atoms with Crippen molar-refractivity contribution >= 4 is 34.5 Å². The summed E-state index contributed by atoms with van der Waals surface area (Å²) in [4.78, 5) is 36.7. The number of amides is 3. The first-order chi connectivity index (χ1) is 11.5. The molecule has 0 aromatic heterocycles. The molecule has 1 heterocycles. The van der Waals surface area contributed by atoms with Gasteiger partial charge in [0.25, 0.3) is 11.1 Å². The van der Waals surface area contributed by atoms with Gasteiger partial charge in [-0.25, -0.2) is 4.39 Å². The quantitative estimate of drug-likeness (QED) is 0.924. The highest BCUT2D eigenvalue weighted by atomic mass is 32.2. The third-order valence-electron chi connectivity index (χ3n) is 3.47. The lowest BCUT2D eigenvalue weighted by molar-refractivity contribution is -0.125. The Balaban J connectivity index is 1.72. The zero-order valence-electron chi connectivity index (χ0n) is 12.5. The number of carbonyl (C=O) groups excluding carboxylic acids is 3. The second kappa shape index (κ2) is 6.84. The first-order valence-electron chi connectivity index (χ1n) is 7.16. The largest absolute Gasteiger partial charge is 0.322 e. The van der Waals surface area contributed by atoms with Crippen LogP contribution in [0.1, 0.15) is 15.9 Å². The van der Waals surface area contributed by atoms with E-state index in [-0.39, 0.29) is 35.2 Å². The number of nitrogens with one attached hydrogen (secondary N) is 1. The number of thioether (sulfide) groups is 1. The average molecular weight is 344 g/mol. The Hall–Kier alpha value is -2.67. The SMILES string of the molecule is O=C(Nc1ccc(F)cc1)c1cccc(CN2C(=O)CSC2=O)c1. The molecule has 2 aromatic carbocycles. The number of carbonyl (C=O) groups is 3. The molecule has 1 N–H and O–H groups in total. The first kappa shape index (κ1) is 16.2. The van der Waals surface area contributed by atoms with Crippen molar-refractivity contribution in [3.05, 3.63) is 65.5 Å². The third-order valence-corrected chi connectivity index (χ3v) is 4.33. The van der Waals surface area contributed by atoms with E-state index in [1.165, 1.54) is 29.2 Å². The monoisotopic (exact) mass is 344 g/mol. The van der Waals surface area contributed by atoms with E-state index in [1.807, 2.05) is 0 Å². The fourth-order valence-electron chi connectivity index (χ4n) is 2.26. The average Bonchev–Trinajstić information content (AvgIpc) is 2.89. The Labute approximate surface area is 141 Å². The highest BCUT2D eigenvalue weighted by Gasteiger charge is 2.29. The fourth-order valence-corrected chi connectivity index (χ4v) is 2.99. The molecule has 3 amide bonds. The molecule has 1 aliphatic rings. The maximum absolute atomic E-state index is 12.9. The van der Waals surface area contributed by atoms with Gasteiger partial charge in [-0.2, -0.15) is 0 Å². The summed E-state index contributed by atoms with van der Waals surface area (Å²) >= 11 is 0.974. The Morgan fingerprint density at radius 3 is 2.58 bits per heavy atom. The van der Waals surface area contributed by atoms with Crippen LogP contribution >= 0.6 is 11.8 Å².